The highest BCUT2D eigenvalue weighted by atomic mass is 16.7. The molecule has 0 atom stereocenters. The minimum atomic E-state index is -0.841. The highest BCUT2D eigenvalue weighted by molar-refractivity contribution is 5.84. The van der Waals surface area contributed by atoms with E-state index >= 15 is 0 Å². The summed E-state index contributed by atoms with van der Waals surface area (Å²) in [6.45, 7) is 1.18. The molecule has 0 aliphatic carbocycles. The van der Waals surface area contributed by atoms with Crippen LogP contribution in [0.15, 0.2) is 65.8 Å². The molecule has 142 valence electrons. The van der Waals surface area contributed by atoms with Gasteiger partial charge in [0.1, 0.15) is 12.3 Å². The summed E-state index contributed by atoms with van der Waals surface area (Å²) in [6.07, 6.45) is 3.33. The average molecular weight is 380 g/mol. The average Bonchev–Trinajstić information content (AvgIpc) is 2.71. The number of anilines is 1. The normalized spacial score (nSPS) is 10.2. The maximum absolute atomic E-state index is 12.7. The zero-order chi connectivity index (χ0) is 19.9. The molecule has 1 aromatic carbocycles. The van der Waals surface area contributed by atoms with Crippen molar-refractivity contribution >= 4 is 17.7 Å². The molecule has 0 bridgehead atoms. The van der Waals surface area contributed by atoms with Gasteiger partial charge >= 0.3 is 17.6 Å². The van der Waals surface area contributed by atoms with Crippen molar-refractivity contribution in [2.45, 2.75) is 13.5 Å². The number of aromatic nitrogens is 3. The van der Waals surface area contributed by atoms with Crippen LogP contribution < -0.4 is 15.7 Å². The number of ether oxygens (including phenoxy) is 1. The number of pyridine rings is 1. The van der Waals surface area contributed by atoms with Crippen LogP contribution in [0.3, 0.4) is 0 Å². The van der Waals surface area contributed by atoms with Gasteiger partial charge < -0.3 is 9.57 Å². The highest BCUT2D eigenvalue weighted by Gasteiger charge is 2.17. The summed E-state index contributed by atoms with van der Waals surface area (Å²) in [5, 5.41) is 2.31. The Kier molecular flexibility index (Phi) is 5.75. The second kappa shape index (κ2) is 8.58. The van der Waals surface area contributed by atoms with E-state index in [9.17, 15) is 14.4 Å². The Bertz CT molecular complexity index is 1040. The molecule has 0 fully saturated rings. The van der Waals surface area contributed by atoms with E-state index in [1.807, 2.05) is 18.2 Å². The summed E-state index contributed by atoms with van der Waals surface area (Å²) in [7, 11) is 0. The van der Waals surface area contributed by atoms with Crippen LogP contribution in [0.25, 0.3) is 11.4 Å². The Balaban J connectivity index is 1.82. The maximum atomic E-state index is 12.7. The molecule has 28 heavy (non-hydrogen) atoms. The first-order valence-corrected chi connectivity index (χ1v) is 8.23. The lowest BCUT2D eigenvalue weighted by Gasteiger charge is -2.12. The van der Waals surface area contributed by atoms with Gasteiger partial charge in [-0.25, -0.2) is 14.6 Å². The molecule has 1 amide bonds. The number of hydrogen-bond donors (Lipinski definition) is 1. The summed E-state index contributed by atoms with van der Waals surface area (Å²) in [4.78, 5) is 49.1. The Morgan fingerprint density at radius 2 is 1.89 bits per heavy atom. The van der Waals surface area contributed by atoms with Crippen LogP contribution in [0.5, 0.6) is 0 Å². The van der Waals surface area contributed by atoms with E-state index in [1.165, 1.54) is 6.20 Å². The van der Waals surface area contributed by atoms with Crippen molar-refractivity contribution in [1.29, 1.82) is 0 Å². The minimum Gasteiger partial charge on any atom is -0.444 e. The van der Waals surface area contributed by atoms with Crippen LogP contribution in [-0.2, 0) is 16.1 Å². The van der Waals surface area contributed by atoms with Crippen LogP contribution in [0.4, 0.5) is 10.5 Å². The first-order valence-electron chi connectivity index (χ1n) is 8.23. The number of rotatable bonds is 5. The van der Waals surface area contributed by atoms with Crippen molar-refractivity contribution in [3.05, 3.63) is 77.0 Å². The summed E-state index contributed by atoms with van der Waals surface area (Å²) < 4.78 is 5.78. The van der Waals surface area contributed by atoms with Gasteiger partial charge in [-0.1, -0.05) is 30.3 Å². The number of nitrogens with zero attached hydrogens (tertiary/aromatic N) is 3. The maximum Gasteiger partial charge on any atom is 0.412 e. The predicted octanol–water partition coefficient (Wildman–Crippen LogP) is 2.03. The zero-order valence-electron chi connectivity index (χ0n) is 14.9. The van der Waals surface area contributed by atoms with Crippen molar-refractivity contribution in [3.8, 4) is 11.4 Å². The minimum absolute atomic E-state index is 0.0337. The third-order valence-electron chi connectivity index (χ3n) is 3.51. The van der Waals surface area contributed by atoms with Crippen LogP contribution >= 0.6 is 0 Å². The second-order valence-corrected chi connectivity index (χ2v) is 5.61. The molecular weight excluding hydrogens is 364 g/mol. The molecule has 0 aliphatic heterocycles. The molecule has 2 heterocycles. The SMILES string of the molecule is CC(=O)On1c(-c2cccnc2)ncc(NC(=O)OCc2ccccc2)c1=O. The zero-order valence-corrected chi connectivity index (χ0v) is 14.9. The first-order chi connectivity index (χ1) is 13.5. The Morgan fingerprint density at radius 1 is 1.11 bits per heavy atom. The fourth-order valence-corrected chi connectivity index (χ4v) is 2.29. The summed E-state index contributed by atoms with van der Waals surface area (Å²) in [5.41, 5.74) is 0.270. The van der Waals surface area contributed by atoms with Crippen molar-refractivity contribution in [1.82, 2.24) is 14.7 Å². The van der Waals surface area contributed by atoms with Gasteiger partial charge in [0.05, 0.1) is 6.20 Å². The fraction of sp³-hybridized carbons (Fsp3) is 0.105. The number of benzene rings is 1. The summed E-state index contributed by atoms with van der Waals surface area (Å²) >= 11 is 0. The van der Waals surface area contributed by atoms with Gasteiger partial charge in [-0.05, 0) is 17.7 Å². The number of carbonyl (C=O) groups excluding carboxylic acids is 2. The van der Waals surface area contributed by atoms with Gasteiger partial charge in [-0.15, -0.1) is 4.73 Å². The quantitative estimate of drug-likeness (QED) is 0.720. The van der Waals surface area contributed by atoms with Crippen LogP contribution in [0.1, 0.15) is 12.5 Å². The first kappa shape index (κ1) is 18.8. The molecule has 0 unspecified atom stereocenters. The van der Waals surface area contributed by atoms with Gasteiger partial charge in [0.15, 0.2) is 5.82 Å². The van der Waals surface area contributed by atoms with E-state index in [2.05, 4.69) is 15.3 Å². The van der Waals surface area contributed by atoms with Gasteiger partial charge in [0.25, 0.3) is 0 Å². The van der Waals surface area contributed by atoms with E-state index in [0.29, 0.717) is 10.3 Å². The number of amides is 1. The van der Waals surface area contributed by atoms with Crippen molar-refractivity contribution in [2.75, 3.05) is 5.32 Å². The lowest BCUT2D eigenvalue weighted by molar-refractivity contribution is -0.141. The van der Waals surface area contributed by atoms with Gasteiger partial charge in [-0.2, -0.15) is 0 Å². The van der Waals surface area contributed by atoms with Crippen LogP contribution in [-0.4, -0.2) is 26.8 Å². The fourth-order valence-electron chi connectivity index (χ4n) is 2.29. The van der Waals surface area contributed by atoms with Gasteiger partial charge in [0.2, 0.25) is 0 Å². The van der Waals surface area contributed by atoms with Gasteiger partial charge in [-0.3, -0.25) is 15.1 Å². The monoisotopic (exact) mass is 380 g/mol. The Hall–Kier alpha value is -4.01. The van der Waals surface area contributed by atoms with E-state index in [1.54, 1.807) is 30.5 Å². The number of carbonyl (C=O) groups is 2. The molecule has 3 aromatic rings. The van der Waals surface area contributed by atoms with Crippen LogP contribution in [0.2, 0.25) is 0 Å². The lowest BCUT2D eigenvalue weighted by atomic mass is 10.2. The number of hydrogen-bond acceptors (Lipinski definition) is 7. The molecule has 0 saturated heterocycles. The Labute approximate surface area is 159 Å². The summed E-state index contributed by atoms with van der Waals surface area (Å²) in [6, 6.07) is 12.4. The third-order valence-corrected chi connectivity index (χ3v) is 3.51. The molecule has 1 N–H and O–H groups in total. The molecule has 9 nitrogen and oxygen atoms in total. The molecule has 0 aliphatic rings. The smallest absolute Gasteiger partial charge is 0.412 e. The number of nitrogens with one attached hydrogen (secondary N) is 1. The second-order valence-electron chi connectivity index (χ2n) is 5.61. The topological polar surface area (TPSA) is 112 Å². The lowest BCUT2D eigenvalue weighted by Crippen LogP contribution is -2.34. The van der Waals surface area contributed by atoms with Crippen molar-refractivity contribution in [2.24, 2.45) is 0 Å². The molecule has 9 heteroatoms. The van der Waals surface area contributed by atoms with Gasteiger partial charge in [0, 0.05) is 24.9 Å². The molecule has 0 saturated carbocycles. The molecular formula is C19H16N4O5. The molecule has 0 radical (unpaired) electrons. The van der Waals surface area contributed by atoms with E-state index in [4.69, 9.17) is 9.57 Å². The molecule has 3 rings (SSSR count). The van der Waals surface area contributed by atoms with Crippen molar-refractivity contribution in [3.63, 3.8) is 0 Å². The molecule has 2 aromatic heterocycles. The summed E-state index contributed by atoms with van der Waals surface area (Å²) in [5.74, 6) is -0.658. The third kappa shape index (κ3) is 4.58. The van der Waals surface area contributed by atoms with Crippen molar-refractivity contribution < 1.29 is 19.2 Å². The van der Waals surface area contributed by atoms with E-state index in [0.717, 1.165) is 18.7 Å². The highest BCUT2D eigenvalue weighted by Crippen LogP contribution is 2.14. The van der Waals surface area contributed by atoms with Crippen LogP contribution in [0, 0.1) is 0 Å². The largest absolute Gasteiger partial charge is 0.444 e. The Morgan fingerprint density at radius 3 is 2.57 bits per heavy atom. The predicted molar refractivity (Wildman–Crippen MR) is 99.2 cm³/mol. The van der Waals surface area contributed by atoms with E-state index in [-0.39, 0.29) is 18.1 Å². The standard InChI is InChI=1S/C19H16N4O5/c1-13(24)28-23-17(15-8-5-9-20-10-15)21-11-16(18(23)25)22-19(26)27-12-14-6-3-2-4-7-14/h2-11H,12H2,1H3,(H,22,26). The van der Waals surface area contributed by atoms with E-state index < -0.39 is 17.6 Å². The molecule has 0 spiro atoms.